The van der Waals surface area contributed by atoms with Crippen molar-refractivity contribution in [3.05, 3.63) is 93.7 Å². The largest absolute Gasteiger partial charge is 0.416 e. The van der Waals surface area contributed by atoms with Crippen LogP contribution < -0.4 is 22.1 Å². The van der Waals surface area contributed by atoms with Gasteiger partial charge in [-0.15, -0.1) is 0 Å². The van der Waals surface area contributed by atoms with Crippen molar-refractivity contribution >= 4 is 34.2 Å². The molecule has 2 aromatic heterocycles. The molecule has 11 nitrogen and oxygen atoms in total. The van der Waals surface area contributed by atoms with Gasteiger partial charge in [-0.05, 0) is 61.5 Å². The number of nitrogens with one attached hydrogen (secondary N) is 2. The molecular weight excluding hydrogens is 541 g/mol. The Kier molecular flexibility index (Phi) is 6.61. The summed E-state index contributed by atoms with van der Waals surface area (Å²) in [5, 5.41) is 14.1. The van der Waals surface area contributed by atoms with E-state index in [9.17, 15) is 27.6 Å². The second-order valence-corrected chi connectivity index (χ2v) is 9.13. The normalized spacial score (nSPS) is 11.6. The Morgan fingerprint density at radius 1 is 0.976 bits per heavy atom. The summed E-state index contributed by atoms with van der Waals surface area (Å²) < 4.78 is 45.5. The van der Waals surface area contributed by atoms with Crippen molar-refractivity contribution in [2.75, 3.05) is 17.7 Å². The van der Waals surface area contributed by atoms with Crippen molar-refractivity contribution in [2.45, 2.75) is 13.1 Å². The van der Waals surface area contributed by atoms with E-state index in [4.69, 9.17) is 5.73 Å². The number of aryl methyl sites for hydroxylation is 2. The second kappa shape index (κ2) is 9.97. The van der Waals surface area contributed by atoms with Gasteiger partial charge in [0.1, 0.15) is 11.6 Å². The number of alkyl halides is 3. The Morgan fingerprint density at radius 3 is 2.24 bits per heavy atom. The smallest absolute Gasteiger partial charge is 0.372 e. The fraction of sp³-hybridized carbons (Fsp3) is 0.148. The van der Waals surface area contributed by atoms with Crippen molar-refractivity contribution in [1.29, 1.82) is 0 Å². The van der Waals surface area contributed by atoms with Crippen LogP contribution in [-0.4, -0.2) is 43.0 Å². The monoisotopic (exact) mass is 564 g/mol. The maximum atomic E-state index is 13.8. The first-order valence-corrected chi connectivity index (χ1v) is 12.2. The average molecular weight is 565 g/mol. The topological polar surface area (TPSA) is 142 Å². The van der Waals surface area contributed by atoms with Gasteiger partial charge in [-0.1, -0.05) is 6.07 Å². The van der Waals surface area contributed by atoms with Gasteiger partial charge in [0.2, 0.25) is 5.91 Å². The first-order valence-electron chi connectivity index (χ1n) is 12.2. The number of nitrogens with two attached hydrogens (primary N) is 1. The number of halogens is 3. The third-order valence-corrected chi connectivity index (χ3v) is 6.43. The van der Waals surface area contributed by atoms with Crippen molar-refractivity contribution in [1.82, 2.24) is 24.1 Å². The molecule has 5 rings (SSSR count). The number of fused-ring (bicyclic) bond motifs is 1. The third-order valence-electron chi connectivity index (χ3n) is 6.43. The zero-order valence-corrected chi connectivity index (χ0v) is 21.9. The van der Waals surface area contributed by atoms with E-state index in [1.165, 1.54) is 45.2 Å². The third kappa shape index (κ3) is 4.90. The Balaban J connectivity index is 1.63. The van der Waals surface area contributed by atoms with Crippen molar-refractivity contribution in [3.63, 3.8) is 0 Å². The summed E-state index contributed by atoms with van der Waals surface area (Å²) in [7, 11) is 3.08. The quantitative estimate of drug-likeness (QED) is 0.288. The van der Waals surface area contributed by atoms with Gasteiger partial charge in [0.05, 0.1) is 33.4 Å². The van der Waals surface area contributed by atoms with Crippen LogP contribution in [0, 0.1) is 6.92 Å². The lowest BCUT2D eigenvalue weighted by atomic mass is 10.0. The van der Waals surface area contributed by atoms with Gasteiger partial charge in [0.15, 0.2) is 0 Å². The molecule has 41 heavy (non-hydrogen) atoms. The Bertz CT molecular complexity index is 1890. The molecule has 14 heteroatoms. The SMILES string of the molecule is CNc1c2c(C(=O)Nc3cccc(C(N)=O)c3)cc(C(F)(F)F)cc2nn1-c1ccc(-n2c(C)nn(C)c2=O)cc1. The Morgan fingerprint density at radius 2 is 1.66 bits per heavy atom. The van der Waals surface area contributed by atoms with Gasteiger partial charge in [0.25, 0.3) is 5.91 Å². The highest BCUT2D eigenvalue weighted by atomic mass is 19.4. The molecule has 0 spiro atoms. The zero-order valence-electron chi connectivity index (χ0n) is 21.9. The molecule has 0 aliphatic carbocycles. The number of aromatic nitrogens is 5. The number of amides is 2. The second-order valence-electron chi connectivity index (χ2n) is 9.13. The maximum absolute atomic E-state index is 13.8. The van der Waals surface area contributed by atoms with Crippen molar-refractivity contribution in [2.24, 2.45) is 12.8 Å². The van der Waals surface area contributed by atoms with E-state index in [1.54, 1.807) is 38.2 Å². The predicted octanol–water partition coefficient (Wildman–Crippen LogP) is 3.63. The molecule has 5 aromatic rings. The highest BCUT2D eigenvalue weighted by molar-refractivity contribution is 6.16. The Labute approximate surface area is 230 Å². The van der Waals surface area contributed by atoms with Gasteiger partial charge in [-0.2, -0.15) is 23.4 Å². The summed E-state index contributed by atoms with van der Waals surface area (Å²) >= 11 is 0. The Hall–Kier alpha value is -5.40. The van der Waals surface area contributed by atoms with E-state index >= 15 is 0 Å². The van der Waals surface area contributed by atoms with Crippen LogP contribution in [0.1, 0.15) is 32.1 Å². The summed E-state index contributed by atoms with van der Waals surface area (Å²) in [6.07, 6.45) is -4.75. The summed E-state index contributed by atoms with van der Waals surface area (Å²) in [5.41, 5.74) is 4.82. The molecule has 3 aromatic carbocycles. The number of anilines is 2. The molecule has 0 bridgehead atoms. The molecule has 0 atom stereocenters. The van der Waals surface area contributed by atoms with E-state index in [-0.39, 0.29) is 39.2 Å². The first-order chi connectivity index (χ1) is 19.4. The lowest BCUT2D eigenvalue weighted by Crippen LogP contribution is -2.21. The molecule has 0 fully saturated rings. The van der Waals surface area contributed by atoms with Gasteiger partial charge >= 0.3 is 11.9 Å². The first kappa shape index (κ1) is 27.2. The number of hydrogen-bond acceptors (Lipinski definition) is 6. The molecule has 2 amide bonds. The van der Waals surface area contributed by atoms with Crippen LogP contribution in [0.25, 0.3) is 22.3 Å². The van der Waals surface area contributed by atoms with Gasteiger partial charge in [-0.25, -0.2) is 18.7 Å². The van der Waals surface area contributed by atoms with Crippen molar-refractivity contribution < 1.29 is 22.8 Å². The number of hydrogen-bond donors (Lipinski definition) is 3. The lowest BCUT2D eigenvalue weighted by Gasteiger charge is -2.12. The summed E-state index contributed by atoms with van der Waals surface area (Å²) in [6, 6.07) is 13.9. The van der Waals surface area contributed by atoms with Gasteiger partial charge in [0, 0.05) is 25.3 Å². The summed E-state index contributed by atoms with van der Waals surface area (Å²) in [6.45, 7) is 1.68. The van der Waals surface area contributed by atoms with Crippen LogP contribution in [0.15, 0.2) is 65.5 Å². The van der Waals surface area contributed by atoms with Crippen LogP contribution in [0.2, 0.25) is 0 Å². The van der Waals surface area contributed by atoms with Crippen LogP contribution in [0.4, 0.5) is 24.7 Å². The molecule has 0 radical (unpaired) electrons. The number of carbonyl (C=O) groups is 2. The molecule has 0 aliphatic heterocycles. The standard InChI is InChI=1S/C27H23F3N8O3/c1-14-34-36(3)26(41)37(14)18-7-9-19(10-8-18)38-24(32-2)22-20(12-16(27(28,29)30)13-21(22)35-38)25(40)33-17-6-4-5-15(11-17)23(31)39/h4-13,32H,1-3H3,(H2,31,39)(H,33,40). The van der Waals surface area contributed by atoms with E-state index in [0.717, 1.165) is 12.1 Å². The minimum absolute atomic E-state index is 0.0800. The lowest BCUT2D eigenvalue weighted by molar-refractivity contribution is -0.137. The highest BCUT2D eigenvalue weighted by Gasteiger charge is 2.34. The predicted molar refractivity (Wildman–Crippen MR) is 146 cm³/mol. The van der Waals surface area contributed by atoms with E-state index < -0.39 is 23.6 Å². The molecule has 4 N–H and O–H groups in total. The number of carbonyl (C=O) groups excluding carboxylic acids is 2. The fourth-order valence-electron chi connectivity index (χ4n) is 4.56. The van der Waals surface area contributed by atoms with E-state index in [2.05, 4.69) is 20.8 Å². The number of rotatable bonds is 6. The molecule has 2 heterocycles. The van der Waals surface area contributed by atoms with E-state index in [0.29, 0.717) is 17.2 Å². The highest BCUT2D eigenvalue weighted by Crippen LogP contribution is 2.37. The maximum Gasteiger partial charge on any atom is 0.416 e. The molecule has 0 unspecified atom stereocenters. The minimum Gasteiger partial charge on any atom is -0.372 e. The summed E-state index contributed by atoms with van der Waals surface area (Å²) in [4.78, 5) is 37.4. The minimum atomic E-state index is -4.75. The fourth-order valence-corrected chi connectivity index (χ4v) is 4.56. The van der Waals surface area contributed by atoms with Crippen LogP contribution in [0.5, 0.6) is 0 Å². The number of nitrogens with zero attached hydrogens (tertiary/aromatic N) is 5. The molecular formula is C27H23F3N8O3. The van der Waals surface area contributed by atoms with Crippen LogP contribution in [0.3, 0.4) is 0 Å². The molecule has 0 saturated carbocycles. The molecule has 0 saturated heterocycles. The van der Waals surface area contributed by atoms with Crippen molar-refractivity contribution in [3.8, 4) is 11.4 Å². The number of benzene rings is 3. The molecule has 0 aliphatic rings. The van der Waals surface area contributed by atoms with Crippen LogP contribution in [-0.2, 0) is 13.2 Å². The van der Waals surface area contributed by atoms with Gasteiger partial charge < -0.3 is 16.4 Å². The van der Waals surface area contributed by atoms with Gasteiger partial charge in [-0.3, -0.25) is 9.59 Å². The number of primary amides is 1. The summed E-state index contributed by atoms with van der Waals surface area (Å²) in [5.74, 6) is -0.841. The van der Waals surface area contributed by atoms with E-state index in [1.807, 2.05) is 0 Å². The zero-order chi connectivity index (χ0) is 29.6. The van der Waals surface area contributed by atoms with Crippen LogP contribution >= 0.6 is 0 Å². The average Bonchev–Trinajstić information content (AvgIpc) is 3.43. The molecule has 210 valence electrons.